The average molecular weight is 479 g/mol. The van der Waals surface area contributed by atoms with Crippen LogP contribution >= 0.6 is 23.2 Å². The van der Waals surface area contributed by atoms with Gasteiger partial charge >= 0.3 is 0 Å². The standard InChI is InChI=1S/C21H17Cl2FN4O4/c22-12-3-14(6-25-5-12)31-8-18-27-28-19(32-18)20-9-21(10-20,11-20)26-17(29)7-30-13-1-2-15(23)16(24)4-13/h1-6H,7-11H2,(H,26,29). The Hall–Kier alpha value is -2.91. The average Bonchev–Trinajstić information content (AvgIpc) is 3.18. The molecule has 0 spiro atoms. The number of benzene rings is 1. The van der Waals surface area contributed by atoms with E-state index in [1.54, 1.807) is 12.3 Å². The van der Waals surface area contributed by atoms with Gasteiger partial charge in [0.2, 0.25) is 5.89 Å². The van der Waals surface area contributed by atoms with Crippen molar-refractivity contribution in [3.05, 3.63) is 64.3 Å². The van der Waals surface area contributed by atoms with Gasteiger partial charge in [-0.1, -0.05) is 23.2 Å². The summed E-state index contributed by atoms with van der Waals surface area (Å²) in [7, 11) is 0. The van der Waals surface area contributed by atoms with E-state index in [0.29, 0.717) is 41.8 Å². The minimum absolute atomic E-state index is 0.00168. The molecular weight excluding hydrogens is 462 g/mol. The van der Waals surface area contributed by atoms with Crippen molar-refractivity contribution in [1.82, 2.24) is 20.5 Å². The van der Waals surface area contributed by atoms with Gasteiger partial charge in [-0.2, -0.15) is 0 Å². The van der Waals surface area contributed by atoms with E-state index in [9.17, 15) is 9.18 Å². The van der Waals surface area contributed by atoms with Crippen LogP contribution in [0.2, 0.25) is 10.0 Å². The van der Waals surface area contributed by atoms with Gasteiger partial charge in [0.05, 0.1) is 21.7 Å². The second-order valence-electron chi connectivity index (χ2n) is 8.13. The third-order valence-electron chi connectivity index (χ3n) is 5.66. The number of hydrogen-bond donors (Lipinski definition) is 1. The zero-order valence-corrected chi connectivity index (χ0v) is 18.1. The second-order valence-corrected chi connectivity index (χ2v) is 8.98. The van der Waals surface area contributed by atoms with Crippen molar-refractivity contribution in [1.29, 1.82) is 0 Å². The zero-order valence-electron chi connectivity index (χ0n) is 16.6. The van der Waals surface area contributed by atoms with E-state index < -0.39 is 5.82 Å². The van der Waals surface area contributed by atoms with E-state index in [0.717, 1.165) is 6.07 Å². The summed E-state index contributed by atoms with van der Waals surface area (Å²) in [5.41, 5.74) is -0.500. The van der Waals surface area contributed by atoms with Gasteiger partial charge in [-0.25, -0.2) is 4.39 Å². The number of halogens is 3. The van der Waals surface area contributed by atoms with Gasteiger partial charge in [-0.05, 0) is 31.4 Å². The third-order valence-corrected chi connectivity index (χ3v) is 6.17. The highest BCUT2D eigenvalue weighted by molar-refractivity contribution is 6.30. The minimum Gasteiger partial charge on any atom is -0.484 e. The molecule has 0 unspecified atom stereocenters. The highest BCUT2D eigenvalue weighted by Crippen LogP contribution is 2.67. The quantitative estimate of drug-likeness (QED) is 0.524. The normalized spacial score (nSPS) is 23.1. The fourth-order valence-electron chi connectivity index (χ4n) is 4.34. The summed E-state index contributed by atoms with van der Waals surface area (Å²) >= 11 is 11.5. The molecule has 166 valence electrons. The number of nitrogens with one attached hydrogen (secondary N) is 1. The molecule has 3 aliphatic rings. The number of nitrogens with zero attached hydrogens (tertiary/aromatic N) is 3. The lowest BCUT2D eigenvalue weighted by Gasteiger charge is -2.68. The second kappa shape index (κ2) is 7.90. The van der Waals surface area contributed by atoms with Crippen LogP contribution in [0.5, 0.6) is 11.5 Å². The summed E-state index contributed by atoms with van der Waals surface area (Å²) in [6, 6.07) is 5.68. The Kier molecular flexibility index (Phi) is 5.17. The van der Waals surface area contributed by atoms with Gasteiger partial charge in [-0.15, -0.1) is 10.2 Å². The van der Waals surface area contributed by atoms with Crippen LogP contribution in [0.1, 0.15) is 31.0 Å². The van der Waals surface area contributed by atoms with Crippen LogP contribution in [0, 0.1) is 5.82 Å². The monoisotopic (exact) mass is 478 g/mol. The first kappa shape index (κ1) is 21.0. The number of carbonyl (C=O) groups excluding carboxylic acids is 1. The zero-order chi connectivity index (χ0) is 22.3. The third kappa shape index (κ3) is 3.98. The summed E-state index contributed by atoms with van der Waals surface area (Å²) in [6.45, 7) is -0.105. The molecule has 6 rings (SSSR count). The number of pyridine rings is 1. The van der Waals surface area contributed by atoms with Gasteiger partial charge in [-0.3, -0.25) is 9.78 Å². The molecular formula is C21H17Cl2FN4O4. The molecule has 0 aliphatic heterocycles. The predicted molar refractivity (Wildman–Crippen MR) is 111 cm³/mol. The molecule has 2 heterocycles. The molecule has 0 radical (unpaired) electrons. The molecule has 1 N–H and O–H groups in total. The Morgan fingerprint density at radius 2 is 1.94 bits per heavy atom. The molecule has 3 saturated carbocycles. The maximum Gasteiger partial charge on any atom is 0.258 e. The molecule has 3 aromatic rings. The molecule has 2 bridgehead atoms. The lowest BCUT2D eigenvalue weighted by atomic mass is 9.39. The summed E-state index contributed by atoms with van der Waals surface area (Å²) in [4.78, 5) is 16.2. The number of carbonyl (C=O) groups is 1. The molecule has 3 aliphatic carbocycles. The highest BCUT2D eigenvalue weighted by Gasteiger charge is 2.71. The lowest BCUT2D eigenvalue weighted by molar-refractivity contribution is -0.143. The van der Waals surface area contributed by atoms with E-state index in [1.807, 2.05) is 0 Å². The van der Waals surface area contributed by atoms with Crippen molar-refractivity contribution in [3.8, 4) is 11.5 Å². The number of ether oxygens (including phenoxy) is 2. The number of hydrogen-bond acceptors (Lipinski definition) is 7. The Morgan fingerprint density at radius 3 is 2.69 bits per heavy atom. The molecule has 3 fully saturated rings. The molecule has 32 heavy (non-hydrogen) atoms. The van der Waals surface area contributed by atoms with Crippen LogP contribution in [0.3, 0.4) is 0 Å². The van der Waals surface area contributed by atoms with Crippen molar-refractivity contribution in [3.63, 3.8) is 0 Å². The van der Waals surface area contributed by atoms with Crippen molar-refractivity contribution >= 4 is 29.1 Å². The van der Waals surface area contributed by atoms with E-state index in [2.05, 4.69) is 20.5 Å². The summed E-state index contributed by atoms with van der Waals surface area (Å²) in [6.07, 6.45) is 5.19. The predicted octanol–water partition coefficient (Wildman–Crippen LogP) is 3.86. The van der Waals surface area contributed by atoms with Crippen LogP contribution in [0.4, 0.5) is 4.39 Å². The molecule has 1 aromatic carbocycles. The Balaban J connectivity index is 1.10. The highest BCUT2D eigenvalue weighted by atomic mass is 35.5. The van der Waals surface area contributed by atoms with Gasteiger partial charge in [0.15, 0.2) is 13.2 Å². The first-order valence-corrected chi connectivity index (χ1v) is 10.6. The summed E-state index contributed by atoms with van der Waals surface area (Å²) in [5, 5.41) is 11.7. The maximum atomic E-state index is 13.5. The van der Waals surface area contributed by atoms with Crippen LogP contribution < -0.4 is 14.8 Å². The van der Waals surface area contributed by atoms with Gasteiger partial charge < -0.3 is 19.2 Å². The number of aromatic nitrogens is 3. The van der Waals surface area contributed by atoms with Crippen molar-refractivity contribution in [2.75, 3.05) is 6.61 Å². The topological polar surface area (TPSA) is 99.4 Å². The van der Waals surface area contributed by atoms with Crippen LogP contribution in [0.25, 0.3) is 0 Å². The van der Waals surface area contributed by atoms with Crippen molar-refractivity contribution in [2.45, 2.75) is 36.8 Å². The SMILES string of the molecule is O=C(COc1ccc(Cl)c(F)c1)NC12CC(c3nnc(COc4cncc(Cl)c4)o3)(C1)C2. The lowest BCUT2D eigenvalue weighted by Crippen LogP contribution is -2.77. The maximum absolute atomic E-state index is 13.5. The molecule has 1 amide bonds. The van der Waals surface area contributed by atoms with Crippen molar-refractivity contribution < 1.29 is 23.1 Å². The van der Waals surface area contributed by atoms with E-state index >= 15 is 0 Å². The Morgan fingerprint density at radius 1 is 1.12 bits per heavy atom. The van der Waals surface area contributed by atoms with Crippen molar-refractivity contribution in [2.24, 2.45) is 0 Å². The van der Waals surface area contributed by atoms with E-state index in [1.165, 1.54) is 18.3 Å². The fourth-order valence-corrected chi connectivity index (χ4v) is 4.62. The fraction of sp³-hybridized carbons (Fsp3) is 0.333. The molecule has 2 aromatic heterocycles. The van der Waals surface area contributed by atoms with Crippen LogP contribution in [-0.4, -0.2) is 33.2 Å². The Bertz CT molecular complexity index is 1170. The Labute approximate surface area is 192 Å². The summed E-state index contributed by atoms with van der Waals surface area (Å²) < 4.78 is 30.1. The molecule has 0 atom stereocenters. The first-order chi connectivity index (χ1) is 15.3. The number of amides is 1. The largest absolute Gasteiger partial charge is 0.484 e. The van der Waals surface area contributed by atoms with Gasteiger partial charge in [0.25, 0.3) is 11.8 Å². The smallest absolute Gasteiger partial charge is 0.258 e. The summed E-state index contributed by atoms with van der Waals surface area (Å²) in [5.74, 6) is 0.775. The minimum atomic E-state index is -0.598. The van der Waals surface area contributed by atoms with E-state index in [-0.39, 0.29) is 40.8 Å². The molecule has 8 nitrogen and oxygen atoms in total. The van der Waals surface area contributed by atoms with Gasteiger partial charge in [0.1, 0.15) is 17.3 Å². The van der Waals surface area contributed by atoms with Crippen LogP contribution in [0.15, 0.2) is 41.1 Å². The van der Waals surface area contributed by atoms with Crippen LogP contribution in [-0.2, 0) is 16.8 Å². The molecule has 0 saturated heterocycles. The van der Waals surface area contributed by atoms with Gasteiger partial charge in [0, 0.05) is 23.9 Å². The van der Waals surface area contributed by atoms with E-state index in [4.69, 9.17) is 37.1 Å². The number of rotatable bonds is 8. The first-order valence-electron chi connectivity index (χ1n) is 9.80. The molecule has 11 heteroatoms.